The molecule has 2 saturated heterocycles. The maximum Gasteiger partial charge on any atom is 0.148 e. The number of anilines is 2. The van der Waals surface area contributed by atoms with E-state index in [1.807, 2.05) is 0 Å². The van der Waals surface area contributed by atoms with Gasteiger partial charge in [-0.2, -0.15) is 0 Å². The fourth-order valence-corrected chi connectivity index (χ4v) is 3.57. The Morgan fingerprint density at radius 1 is 1.30 bits per heavy atom. The molecule has 1 aromatic rings. The summed E-state index contributed by atoms with van der Waals surface area (Å²) in [5.74, 6) is 7.26. The largest absolute Gasteiger partial charge is 0.365 e. The molecule has 0 saturated carbocycles. The molecule has 2 atom stereocenters. The summed E-state index contributed by atoms with van der Waals surface area (Å²) in [7, 11) is 0. The lowest BCUT2D eigenvalue weighted by Crippen LogP contribution is -2.34. The number of nitrogens with zero attached hydrogens (tertiary/aromatic N) is 3. The van der Waals surface area contributed by atoms with E-state index in [2.05, 4.69) is 32.5 Å². The van der Waals surface area contributed by atoms with Gasteiger partial charge in [-0.25, -0.2) is 15.8 Å². The summed E-state index contributed by atoms with van der Waals surface area (Å²) in [5, 5.41) is 3.65. The molecule has 0 radical (unpaired) electrons. The van der Waals surface area contributed by atoms with Crippen molar-refractivity contribution in [1.29, 1.82) is 0 Å². The molecule has 0 amide bonds. The van der Waals surface area contributed by atoms with E-state index < -0.39 is 0 Å². The van der Waals surface area contributed by atoms with Crippen molar-refractivity contribution in [3.63, 3.8) is 0 Å². The molecule has 20 heavy (non-hydrogen) atoms. The number of hydrogen-bond acceptors (Lipinski definition) is 6. The van der Waals surface area contributed by atoms with Crippen LogP contribution in [0, 0.1) is 0 Å². The second kappa shape index (κ2) is 5.93. The number of hydrogen-bond donors (Lipinski definition) is 3. The van der Waals surface area contributed by atoms with Crippen LogP contribution >= 0.6 is 0 Å². The highest BCUT2D eigenvalue weighted by Crippen LogP contribution is 2.31. The summed E-state index contributed by atoms with van der Waals surface area (Å²) in [5.41, 5.74) is 3.80. The van der Waals surface area contributed by atoms with Crippen molar-refractivity contribution in [2.75, 3.05) is 23.8 Å². The molecule has 2 fully saturated rings. The maximum atomic E-state index is 5.57. The van der Waals surface area contributed by atoms with Crippen molar-refractivity contribution in [2.24, 2.45) is 5.84 Å². The Balaban J connectivity index is 1.79. The maximum absolute atomic E-state index is 5.57. The van der Waals surface area contributed by atoms with Crippen molar-refractivity contribution in [1.82, 2.24) is 14.9 Å². The minimum absolute atomic E-state index is 0.508. The molecule has 1 aromatic heterocycles. The predicted octanol–water partition coefficient (Wildman–Crippen LogP) is 1.36. The van der Waals surface area contributed by atoms with Crippen LogP contribution in [0.3, 0.4) is 0 Å². The second-order valence-corrected chi connectivity index (χ2v) is 5.73. The van der Waals surface area contributed by atoms with E-state index in [4.69, 9.17) is 5.84 Å². The number of nitrogen functional groups attached to an aromatic ring is 1. The van der Waals surface area contributed by atoms with Gasteiger partial charge in [0, 0.05) is 24.2 Å². The van der Waals surface area contributed by atoms with E-state index >= 15 is 0 Å². The summed E-state index contributed by atoms with van der Waals surface area (Å²) in [4.78, 5) is 11.3. The number of hydrazine groups is 1. The Morgan fingerprint density at radius 2 is 2.15 bits per heavy atom. The highest BCUT2D eigenvalue weighted by Gasteiger charge is 2.37. The fourth-order valence-electron chi connectivity index (χ4n) is 3.57. The molecule has 0 spiro atoms. The van der Waals surface area contributed by atoms with Gasteiger partial charge in [0.15, 0.2) is 0 Å². The SMILES string of the molecule is CCCc1c(NN)ncnc1NC1CCN2CCCC12. The molecule has 110 valence electrons. The van der Waals surface area contributed by atoms with Gasteiger partial charge in [-0.05, 0) is 32.2 Å². The Bertz CT molecular complexity index is 463. The van der Waals surface area contributed by atoms with Crippen LogP contribution < -0.4 is 16.6 Å². The average Bonchev–Trinajstić information content (AvgIpc) is 3.06. The van der Waals surface area contributed by atoms with E-state index in [0.717, 1.165) is 30.0 Å². The van der Waals surface area contributed by atoms with Gasteiger partial charge in [-0.15, -0.1) is 0 Å². The van der Waals surface area contributed by atoms with E-state index in [0.29, 0.717) is 12.1 Å². The molecule has 0 aliphatic carbocycles. The topological polar surface area (TPSA) is 79.1 Å². The third-order valence-electron chi connectivity index (χ3n) is 4.51. The molecular weight excluding hydrogens is 252 g/mol. The first-order valence-corrected chi connectivity index (χ1v) is 7.64. The van der Waals surface area contributed by atoms with Crippen LogP contribution in [-0.2, 0) is 6.42 Å². The molecule has 2 unspecified atom stereocenters. The number of aromatic nitrogens is 2. The van der Waals surface area contributed by atoms with Gasteiger partial charge in [-0.3, -0.25) is 4.90 Å². The van der Waals surface area contributed by atoms with E-state index in [9.17, 15) is 0 Å². The Hall–Kier alpha value is -1.40. The zero-order valence-electron chi connectivity index (χ0n) is 12.1. The van der Waals surface area contributed by atoms with Gasteiger partial charge in [0.1, 0.15) is 18.0 Å². The summed E-state index contributed by atoms with van der Waals surface area (Å²) >= 11 is 0. The lowest BCUT2D eigenvalue weighted by molar-refractivity contribution is 0.318. The zero-order chi connectivity index (χ0) is 13.9. The number of nitrogens with two attached hydrogens (primary N) is 1. The monoisotopic (exact) mass is 276 g/mol. The smallest absolute Gasteiger partial charge is 0.148 e. The Kier molecular flexibility index (Phi) is 4.03. The van der Waals surface area contributed by atoms with E-state index in [1.54, 1.807) is 6.33 Å². The molecule has 2 aliphatic heterocycles. The molecule has 0 aromatic carbocycles. The minimum Gasteiger partial charge on any atom is -0.365 e. The molecule has 2 aliphatic rings. The van der Waals surface area contributed by atoms with Crippen LogP contribution in [0.2, 0.25) is 0 Å². The van der Waals surface area contributed by atoms with Gasteiger partial charge < -0.3 is 10.7 Å². The van der Waals surface area contributed by atoms with E-state index in [1.165, 1.54) is 32.4 Å². The lowest BCUT2D eigenvalue weighted by atomic mass is 10.1. The van der Waals surface area contributed by atoms with Crippen LogP contribution in [0.5, 0.6) is 0 Å². The molecule has 3 heterocycles. The molecule has 3 rings (SSSR count). The van der Waals surface area contributed by atoms with Crippen molar-refractivity contribution in [3.05, 3.63) is 11.9 Å². The third kappa shape index (κ3) is 2.45. The van der Waals surface area contributed by atoms with Crippen LogP contribution in [0.15, 0.2) is 6.33 Å². The average molecular weight is 276 g/mol. The molecule has 6 heteroatoms. The number of nitrogens with one attached hydrogen (secondary N) is 2. The van der Waals surface area contributed by atoms with Crippen LogP contribution in [0.4, 0.5) is 11.6 Å². The number of fused-ring (bicyclic) bond motifs is 1. The van der Waals surface area contributed by atoms with Gasteiger partial charge in [0.25, 0.3) is 0 Å². The fraction of sp³-hybridized carbons (Fsp3) is 0.714. The van der Waals surface area contributed by atoms with Crippen molar-refractivity contribution < 1.29 is 0 Å². The van der Waals surface area contributed by atoms with Gasteiger partial charge in [-0.1, -0.05) is 13.3 Å². The number of rotatable bonds is 5. The van der Waals surface area contributed by atoms with Crippen LogP contribution in [0.1, 0.15) is 38.2 Å². The first-order valence-electron chi connectivity index (χ1n) is 7.64. The zero-order valence-corrected chi connectivity index (χ0v) is 12.1. The van der Waals surface area contributed by atoms with E-state index in [-0.39, 0.29) is 0 Å². The van der Waals surface area contributed by atoms with Crippen molar-refractivity contribution in [2.45, 2.75) is 51.1 Å². The third-order valence-corrected chi connectivity index (χ3v) is 4.51. The second-order valence-electron chi connectivity index (χ2n) is 5.73. The van der Waals surface area contributed by atoms with Crippen molar-refractivity contribution >= 4 is 11.6 Å². The summed E-state index contributed by atoms with van der Waals surface area (Å²) < 4.78 is 0. The normalized spacial score (nSPS) is 25.7. The summed E-state index contributed by atoms with van der Waals surface area (Å²) in [6.45, 7) is 4.62. The van der Waals surface area contributed by atoms with Crippen LogP contribution in [-0.4, -0.2) is 40.0 Å². The quantitative estimate of drug-likeness (QED) is 0.557. The first kappa shape index (κ1) is 13.6. The highest BCUT2D eigenvalue weighted by atomic mass is 15.3. The molecule has 4 N–H and O–H groups in total. The first-order chi connectivity index (χ1) is 9.83. The van der Waals surface area contributed by atoms with Crippen LogP contribution in [0.25, 0.3) is 0 Å². The Labute approximate surface area is 120 Å². The molecule has 6 nitrogen and oxygen atoms in total. The van der Waals surface area contributed by atoms with Gasteiger partial charge in [0.2, 0.25) is 0 Å². The predicted molar refractivity (Wildman–Crippen MR) is 80.5 cm³/mol. The summed E-state index contributed by atoms with van der Waals surface area (Å²) in [6, 6.07) is 1.18. The minimum atomic E-state index is 0.508. The standard InChI is InChI=1S/C14H24N6/c1-2-4-10-13(16-9-17-14(10)19-15)18-11-6-8-20-7-3-5-12(11)20/h9,11-12H,2-8,15H2,1H3,(H2,16,17,18,19). The van der Waals surface area contributed by atoms with Crippen molar-refractivity contribution in [3.8, 4) is 0 Å². The lowest BCUT2D eigenvalue weighted by Gasteiger charge is -2.23. The Morgan fingerprint density at radius 3 is 2.95 bits per heavy atom. The highest BCUT2D eigenvalue weighted by molar-refractivity contribution is 5.57. The van der Waals surface area contributed by atoms with Gasteiger partial charge in [0.05, 0.1) is 0 Å². The molecule has 0 bridgehead atoms. The summed E-state index contributed by atoms with van der Waals surface area (Å²) in [6.07, 6.45) is 7.39. The van der Waals surface area contributed by atoms with Gasteiger partial charge >= 0.3 is 0 Å². The molecular formula is C14H24N6.